The van der Waals surface area contributed by atoms with Crippen molar-refractivity contribution in [3.05, 3.63) is 28.4 Å². The van der Waals surface area contributed by atoms with Gasteiger partial charge in [0.1, 0.15) is 0 Å². The zero-order valence-corrected chi connectivity index (χ0v) is 9.24. The lowest BCUT2D eigenvalue weighted by molar-refractivity contribution is -0.389. The van der Waals surface area contributed by atoms with E-state index < -0.39 is 4.92 Å². The quantitative estimate of drug-likeness (QED) is 0.558. The third-order valence-corrected chi connectivity index (χ3v) is 2.76. The highest BCUT2D eigenvalue weighted by molar-refractivity contribution is 5.47. The minimum absolute atomic E-state index is 0.0407. The minimum Gasteiger partial charge on any atom is -0.395 e. The number of aliphatic hydroxyl groups excluding tert-OH is 1. The number of nitro groups is 1. The number of anilines is 1. The third-order valence-electron chi connectivity index (χ3n) is 2.76. The Morgan fingerprint density at radius 3 is 3.06 bits per heavy atom. The topological polar surface area (TPSA) is 91.5 Å². The molecule has 1 saturated heterocycles. The van der Waals surface area contributed by atoms with Gasteiger partial charge >= 0.3 is 5.82 Å². The molecule has 2 rings (SSSR count). The van der Waals surface area contributed by atoms with Crippen LogP contribution in [0.25, 0.3) is 0 Å². The zero-order chi connectivity index (χ0) is 12.3. The molecule has 0 aromatic carbocycles. The van der Waals surface area contributed by atoms with Crippen molar-refractivity contribution in [2.45, 2.75) is 6.04 Å². The Morgan fingerprint density at radius 2 is 2.47 bits per heavy atom. The van der Waals surface area contributed by atoms with Crippen LogP contribution in [0.2, 0.25) is 0 Å². The van der Waals surface area contributed by atoms with Gasteiger partial charge in [0.25, 0.3) is 0 Å². The number of piperazine rings is 1. The van der Waals surface area contributed by atoms with Crippen molar-refractivity contribution >= 4 is 11.5 Å². The highest BCUT2D eigenvalue weighted by atomic mass is 16.6. The van der Waals surface area contributed by atoms with Gasteiger partial charge in [-0.15, -0.1) is 0 Å². The summed E-state index contributed by atoms with van der Waals surface area (Å²) in [6.07, 6.45) is 1.50. The molecule has 2 N–H and O–H groups in total. The molecule has 17 heavy (non-hydrogen) atoms. The molecule has 0 amide bonds. The highest BCUT2D eigenvalue weighted by Crippen LogP contribution is 2.17. The van der Waals surface area contributed by atoms with Crippen molar-refractivity contribution in [2.75, 3.05) is 31.1 Å². The molecule has 0 aliphatic carbocycles. The van der Waals surface area contributed by atoms with Crippen LogP contribution >= 0.6 is 0 Å². The number of hydrogen-bond donors (Lipinski definition) is 2. The molecule has 1 aromatic heterocycles. The fraction of sp³-hybridized carbons (Fsp3) is 0.500. The van der Waals surface area contributed by atoms with E-state index in [2.05, 4.69) is 10.3 Å². The summed E-state index contributed by atoms with van der Waals surface area (Å²) in [7, 11) is 0. The Hall–Kier alpha value is -1.73. The lowest BCUT2D eigenvalue weighted by Gasteiger charge is -2.33. The molecular formula is C10H14N4O3. The average molecular weight is 238 g/mol. The van der Waals surface area contributed by atoms with E-state index in [1.54, 1.807) is 6.07 Å². The average Bonchev–Trinajstić information content (AvgIpc) is 2.39. The first-order valence-electron chi connectivity index (χ1n) is 5.40. The normalized spacial score (nSPS) is 20.3. The Balaban J connectivity index is 2.08. The Bertz CT molecular complexity index is 395. The Kier molecular flexibility index (Phi) is 3.50. The predicted molar refractivity (Wildman–Crippen MR) is 62.0 cm³/mol. The molecule has 0 saturated carbocycles. The summed E-state index contributed by atoms with van der Waals surface area (Å²) >= 11 is 0. The van der Waals surface area contributed by atoms with Crippen LogP contribution in [0, 0.1) is 10.1 Å². The van der Waals surface area contributed by atoms with E-state index in [1.165, 1.54) is 12.3 Å². The summed E-state index contributed by atoms with van der Waals surface area (Å²) < 4.78 is 0. The number of aromatic nitrogens is 1. The maximum absolute atomic E-state index is 10.5. The molecule has 2 heterocycles. The number of hydrogen-bond acceptors (Lipinski definition) is 6. The number of rotatable bonds is 3. The molecule has 1 aliphatic heterocycles. The molecule has 7 nitrogen and oxygen atoms in total. The van der Waals surface area contributed by atoms with Crippen molar-refractivity contribution in [3.8, 4) is 0 Å². The van der Waals surface area contributed by atoms with Crippen LogP contribution in [0.15, 0.2) is 18.3 Å². The van der Waals surface area contributed by atoms with Crippen LogP contribution in [-0.2, 0) is 0 Å². The van der Waals surface area contributed by atoms with Gasteiger partial charge < -0.3 is 25.4 Å². The lowest BCUT2D eigenvalue weighted by atomic mass is 10.2. The second-order valence-corrected chi connectivity index (χ2v) is 3.91. The first kappa shape index (κ1) is 11.7. The van der Waals surface area contributed by atoms with Gasteiger partial charge in [-0.1, -0.05) is 0 Å². The highest BCUT2D eigenvalue weighted by Gasteiger charge is 2.20. The largest absolute Gasteiger partial charge is 0.395 e. The van der Waals surface area contributed by atoms with Gasteiger partial charge in [-0.25, -0.2) is 0 Å². The van der Waals surface area contributed by atoms with E-state index in [0.717, 1.165) is 18.8 Å². The minimum atomic E-state index is -0.516. The molecule has 1 aromatic rings. The van der Waals surface area contributed by atoms with Crippen LogP contribution in [0.3, 0.4) is 0 Å². The summed E-state index contributed by atoms with van der Waals surface area (Å²) in [5.74, 6) is -0.150. The number of aliphatic hydroxyl groups is 1. The molecule has 92 valence electrons. The second-order valence-electron chi connectivity index (χ2n) is 3.91. The maximum atomic E-state index is 10.5. The molecule has 0 radical (unpaired) electrons. The standard InChI is InChI=1S/C10H14N4O3/c15-7-8-6-13(4-3-11-8)9-1-2-10(12-5-9)14(16)17/h1-2,5,8,11,15H,3-4,6-7H2. The van der Waals surface area contributed by atoms with Crippen molar-refractivity contribution < 1.29 is 10.0 Å². The summed E-state index contributed by atoms with van der Waals surface area (Å²) in [5.41, 5.74) is 0.843. The smallest absolute Gasteiger partial charge is 0.363 e. The first-order valence-corrected chi connectivity index (χ1v) is 5.40. The van der Waals surface area contributed by atoms with Gasteiger partial charge in [0.2, 0.25) is 0 Å². The van der Waals surface area contributed by atoms with E-state index in [4.69, 9.17) is 5.11 Å². The fourth-order valence-electron chi connectivity index (χ4n) is 1.86. The van der Waals surface area contributed by atoms with Crippen molar-refractivity contribution in [1.29, 1.82) is 0 Å². The number of nitrogens with one attached hydrogen (secondary N) is 1. The monoisotopic (exact) mass is 238 g/mol. The third kappa shape index (κ3) is 2.69. The van der Waals surface area contributed by atoms with Gasteiger partial charge in [0, 0.05) is 31.7 Å². The van der Waals surface area contributed by atoms with Gasteiger partial charge in [0.05, 0.1) is 12.3 Å². The summed E-state index contributed by atoms with van der Waals surface area (Å²) in [6.45, 7) is 2.34. The molecular weight excluding hydrogens is 224 g/mol. The van der Waals surface area contributed by atoms with E-state index in [1.807, 2.05) is 4.90 Å². The van der Waals surface area contributed by atoms with Crippen LogP contribution in [0.5, 0.6) is 0 Å². The van der Waals surface area contributed by atoms with Crippen molar-refractivity contribution in [1.82, 2.24) is 10.3 Å². The van der Waals surface area contributed by atoms with E-state index in [9.17, 15) is 10.1 Å². The zero-order valence-electron chi connectivity index (χ0n) is 9.24. The maximum Gasteiger partial charge on any atom is 0.363 e. The molecule has 0 spiro atoms. The molecule has 1 unspecified atom stereocenters. The van der Waals surface area contributed by atoms with Crippen LogP contribution in [0.1, 0.15) is 0 Å². The van der Waals surface area contributed by atoms with Crippen molar-refractivity contribution in [3.63, 3.8) is 0 Å². The van der Waals surface area contributed by atoms with Gasteiger partial charge in [-0.3, -0.25) is 0 Å². The molecule has 7 heteroatoms. The Morgan fingerprint density at radius 1 is 1.65 bits per heavy atom. The molecule has 0 bridgehead atoms. The van der Waals surface area contributed by atoms with Gasteiger partial charge in [-0.05, 0) is 16.0 Å². The van der Waals surface area contributed by atoms with Crippen LogP contribution in [0.4, 0.5) is 11.5 Å². The van der Waals surface area contributed by atoms with Crippen molar-refractivity contribution in [2.24, 2.45) is 0 Å². The molecule has 1 fully saturated rings. The van der Waals surface area contributed by atoms with E-state index in [0.29, 0.717) is 6.54 Å². The number of pyridine rings is 1. The van der Waals surface area contributed by atoms with Crippen LogP contribution in [-0.4, -0.2) is 47.3 Å². The lowest BCUT2D eigenvalue weighted by Crippen LogP contribution is -2.52. The van der Waals surface area contributed by atoms with Crippen LogP contribution < -0.4 is 10.2 Å². The second kappa shape index (κ2) is 5.07. The fourth-order valence-corrected chi connectivity index (χ4v) is 1.86. The summed E-state index contributed by atoms with van der Waals surface area (Å²) in [5, 5.41) is 22.7. The van der Waals surface area contributed by atoms with Gasteiger partial charge in [0.15, 0.2) is 6.20 Å². The van der Waals surface area contributed by atoms with E-state index in [-0.39, 0.29) is 18.5 Å². The molecule has 1 atom stereocenters. The summed E-state index contributed by atoms with van der Waals surface area (Å²) in [4.78, 5) is 15.8. The number of nitrogens with zero attached hydrogens (tertiary/aromatic N) is 3. The van der Waals surface area contributed by atoms with Gasteiger partial charge in [-0.2, -0.15) is 0 Å². The Labute approximate surface area is 98.2 Å². The molecule has 1 aliphatic rings. The summed E-state index contributed by atoms with van der Waals surface area (Å²) in [6, 6.07) is 3.12. The first-order chi connectivity index (χ1) is 8.20. The SMILES string of the molecule is O=[N+]([O-])c1ccc(N2CCNC(CO)C2)cn1. The van der Waals surface area contributed by atoms with E-state index >= 15 is 0 Å². The predicted octanol–water partition coefficient (Wildman–Crippen LogP) is -0.240.